The van der Waals surface area contributed by atoms with Gasteiger partial charge in [-0.25, -0.2) is 0 Å². The average Bonchev–Trinajstić information content (AvgIpc) is 2.32. The maximum Gasteiger partial charge on any atom is 0.191 e. The molecule has 1 aromatic rings. The first kappa shape index (κ1) is 16.2. The van der Waals surface area contributed by atoms with Crippen LogP contribution in [-0.2, 0) is 9.47 Å². The fraction of sp³-hybridized carbons (Fsp3) is 0.533. The Bertz CT molecular complexity index is 424. The molecule has 0 aromatic heterocycles. The van der Waals surface area contributed by atoms with Gasteiger partial charge in [-0.15, -0.1) is 0 Å². The number of ketones is 1. The standard InChI is InChI=1S/C15H21ClO3/c1-11(18-8-9-19-15(2,3)4)14(17)12-6-5-7-13(16)10-12/h5-7,10-11H,8-9H2,1-4H3. The van der Waals surface area contributed by atoms with Crippen LogP contribution in [0.1, 0.15) is 38.1 Å². The molecule has 0 N–H and O–H groups in total. The van der Waals surface area contributed by atoms with Crippen LogP contribution < -0.4 is 0 Å². The SMILES string of the molecule is CC(OCCOC(C)(C)C)C(=O)c1cccc(Cl)c1. The van der Waals surface area contributed by atoms with Crippen LogP contribution in [0.3, 0.4) is 0 Å². The Morgan fingerprint density at radius 2 is 2.00 bits per heavy atom. The lowest BCUT2D eigenvalue weighted by molar-refractivity contribution is -0.0436. The van der Waals surface area contributed by atoms with Gasteiger partial charge >= 0.3 is 0 Å². The number of halogens is 1. The Morgan fingerprint density at radius 1 is 1.32 bits per heavy atom. The molecule has 1 unspecified atom stereocenters. The molecule has 1 aromatic carbocycles. The number of rotatable bonds is 6. The summed E-state index contributed by atoms with van der Waals surface area (Å²) < 4.78 is 11.0. The molecule has 0 radical (unpaired) electrons. The Morgan fingerprint density at radius 3 is 2.58 bits per heavy atom. The molecule has 4 heteroatoms. The lowest BCUT2D eigenvalue weighted by Crippen LogP contribution is -2.26. The van der Waals surface area contributed by atoms with Gasteiger partial charge in [-0.2, -0.15) is 0 Å². The monoisotopic (exact) mass is 284 g/mol. The fourth-order valence-corrected chi connectivity index (χ4v) is 1.72. The van der Waals surface area contributed by atoms with Crippen molar-refractivity contribution < 1.29 is 14.3 Å². The van der Waals surface area contributed by atoms with Gasteiger partial charge in [0.05, 0.1) is 18.8 Å². The first-order valence-corrected chi connectivity index (χ1v) is 6.73. The third-order valence-electron chi connectivity index (χ3n) is 2.46. The second-order valence-electron chi connectivity index (χ2n) is 5.35. The molecule has 19 heavy (non-hydrogen) atoms. The van der Waals surface area contributed by atoms with E-state index in [1.54, 1.807) is 31.2 Å². The normalized spacial score (nSPS) is 13.3. The number of hydrogen-bond donors (Lipinski definition) is 0. The van der Waals surface area contributed by atoms with E-state index in [0.717, 1.165) is 0 Å². The third kappa shape index (κ3) is 6.19. The van der Waals surface area contributed by atoms with Crippen LogP contribution in [0, 0.1) is 0 Å². The summed E-state index contributed by atoms with van der Waals surface area (Å²) in [7, 11) is 0. The highest BCUT2D eigenvalue weighted by molar-refractivity contribution is 6.31. The van der Waals surface area contributed by atoms with Crippen LogP contribution in [0.2, 0.25) is 5.02 Å². The fourth-order valence-electron chi connectivity index (χ4n) is 1.52. The molecule has 106 valence electrons. The minimum absolute atomic E-state index is 0.0711. The van der Waals surface area contributed by atoms with Crippen molar-refractivity contribution in [3.05, 3.63) is 34.9 Å². The van der Waals surface area contributed by atoms with E-state index in [1.807, 2.05) is 20.8 Å². The van der Waals surface area contributed by atoms with Gasteiger partial charge in [0.25, 0.3) is 0 Å². The maximum absolute atomic E-state index is 12.1. The minimum atomic E-state index is -0.498. The van der Waals surface area contributed by atoms with Crippen LogP contribution in [0.15, 0.2) is 24.3 Å². The predicted molar refractivity (Wildman–Crippen MR) is 76.9 cm³/mol. The van der Waals surface area contributed by atoms with Crippen LogP contribution >= 0.6 is 11.6 Å². The van der Waals surface area contributed by atoms with Crippen molar-refractivity contribution in [1.82, 2.24) is 0 Å². The quantitative estimate of drug-likeness (QED) is 0.590. The summed E-state index contributed by atoms with van der Waals surface area (Å²) in [5, 5.41) is 0.550. The topological polar surface area (TPSA) is 35.5 Å². The third-order valence-corrected chi connectivity index (χ3v) is 2.70. The zero-order valence-electron chi connectivity index (χ0n) is 11.9. The average molecular weight is 285 g/mol. The van der Waals surface area contributed by atoms with Crippen LogP contribution in [0.25, 0.3) is 0 Å². The van der Waals surface area contributed by atoms with Gasteiger partial charge in [-0.1, -0.05) is 23.7 Å². The number of benzene rings is 1. The number of hydrogen-bond acceptors (Lipinski definition) is 3. The van der Waals surface area contributed by atoms with E-state index in [-0.39, 0.29) is 11.4 Å². The lowest BCUT2D eigenvalue weighted by Gasteiger charge is -2.20. The van der Waals surface area contributed by atoms with Gasteiger partial charge in [0, 0.05) is 10.6 Å². The molecule has 0 aliphatic heterocycles. The second kappa shape index (κ2) is 7.04. The zero-order chi connectivity index (χ0) is 14.5. The first-order chi connectivity index (χ1) is 8.79. The van der Waals surface area contributed by atoms with Crippen molar-refractivity contribution in [3.8, 4) is 0 Å². The van der Waals surface area contributed by atoms with Gasteiger partial charge in [0.15, 0.2) is 5.78 Å². The summed E-state index contributed by atoms with van der Waals surface area (Å²) in [4.78, 5) is 12.1. The summed E-state index contributed by atoms with van der Waals surface area (Å²) in [6, 6.07) is 6.88. The van der Waals surface area contributed by atoms with Crippen molar-refractivity contribution in [1.29, 1.82) is 0 Å². The Hall–Kier alpha value is -0.900. The summed E-state index contributed by atoms with van der Waals surface area (Å²) in [6.45, 7) is 8.54. The second-order valence-corrected chi connectivity index (χ2v) is 5.78. The Balaban J connectivity index is 2.41. The first-order valence-electron chi connectivity index (χ1n) is 6.35. The number of carbonyl (C=O) groups excluding carboxylic acids is 1. The predicted octanol–water partition coefficient (Wildman–Crippen LogP) is 3.74. The van der Waals surface area contributed by atoms with Crippen LogP contribution in [0.4, 0.5) is 0 Å². The largest absolute Gasteiger partial charge is 0.373 e. The van der Waals surface area contributed by atoms with Crippen molar-refractivity contribution in [2.45, 2.75) is 39.4 Å². The highest BCUT2D eigenvalue weighted by Crippen LogP contribution is 2.13. The van der Waals surface area contributed by atoms with Crippen molar-refractivity contribution >= 4 is 17.4 Å². The smallest absolute Gasteiger partial charge is 0.191 e. The molecule has 0 aliphatic rings. The van der Waals surface area contributed by atoms with Gasteiger partial charge in [-0.3, -0.25) is 4.79 Å². The van der Waals surface area contributed by atoms with Crippen LogP contribution in [-0.4, -0.2) is 30.7 Å². The van der Waals surface area contributed by atoms with E-state index >= 15 is 0 Å². The minimum Gasteiger partial charge on any atom is -0.373 e. The molecule has 0 saturated heterocycles. The van der Waals surface area contributed by atoms with Crippen molar-refractivity contribution in [2.24, 2.45) is 0 Å². The highest BCUT2D eigenvalue weighted by Gasteiger charge is 2.16. The molecular formula is C15H21ClO3. The molecule has 3 nitrogen and oxygen atoms in total. The van der Waals surface area contributed by atoms with E-state index in [0.29, 0.717) is 23.8 Å². The maximum atomic E-state index is 12.1. The Labute approximate surface area is 119 Å². The van der Waals surface area contributed by atoms with E-state index in [1.165, 1.54) is 0 Å². The summed E-state index contributed by atoms with van der Waals surface area (Å²) in [5.74, 6) is -0.0711. The van der Waals surface area contributed by atoms with Gasteiger partial charge in [-0.05, 0) is 39.8 Å². The molecule has 0 fully saturated rings. The molecule has 1 rings (SSSR count). The van der Waals surface area contributed by atoms with Gasteiger partial charge < -0.3 is 9.47 Å². The zero-order valence-corrected chi connectivity index (χ0v) is 12.7. The number of ether oxygens (including phenoxy) is 2. The summed E-state index contributed by atoms with van der Waals surface area (Å²) in [6.07, 6.45) is -0.498. The number of carbonyl (C=O) groups is 1. The molecule has 0 spiro atoms. The van der Waals surface area contributed by atoms with E-state index < -0.39 is 6.10 Å². The molecular weight excluding hydrogens is 264 g/mol. The van der Waals surface area contributed by atoms with Gasteiger partial charge in [0.2, 0.25) is 0 Å². The lowest BCUT2D eigenvalue weighted by atomic mass is 10.1. The highest BCUT2D eigenvalue weighted by atomic mass is 35.5. The van der Waals surface area contributed by atoms with E-state index in [9.17, 15) is 4.79 Å². The molecule has 1 atom stereocenters. The van der Waals surface area contributed by atoms with Crippen LogP contribution in [0.5, 0.6) is 0 Å². The van der Waals surface area contributed by atoms with Crippen molar-refractivity contribution in [3.63, 3.8) is 0 Å². The molecule has 0 amide bonds. The molecule has 0 bridgehead atoms. The summed E-state index contributed by atoms with van der Waals surface area (Å²) >= 11 is 5.86. The summed E-state index contributed by atoms with van der Waals surface area (Å²) in [5.41, 5.74) is 0.376. The molecule has 0 aliphatic carbocycles. The Kier molecular flexibility index (Phi) is 5.98. The van der Waals surface area contributed by atoms with Crippen molar-refractivity contribution in [2.75, 3.05) is 13.2 Å². The number of Topliss-reactive ketones (excluding diaryl/α,β-unsaturated/α-hetero) is 1. The van der Waals surface area contributed by atoms with Gasteiger partial charge in [0.1, 0.15) is 6.10 Å². The van der Waals surface area contributed by atoms with E-state index in [2.05, 4.69) is 0 Å². The molecule has 0 saturated carbocycles. The molecule has 0 heterocycles. The van der Waals surface area contributed by atoms with E-state index in [4.69, 9.17) is 21.1 Å².